The minimum atomic E-state index is -0.565. The van der Waals surface area contributed by atoms with Gasteiger partial charge in [0.1, 0.15) is 12.2 Å². The molecular formula is C11H19NO4. The Morgan fingerprint density at radius 3 is 2.38 bits per heavy atom. The molecular weight excluding hydrogens is 210 g/mol. The van der Waals surface area contributed by atoms with Crippen LogP contribution in [0.4, 0.5) is 4.79 Å². The summed E-state index contributed by atoms with van der Waals surface area (Å²) in [5, 5.41) is 2.52. The summed E-state index contributed by atoms with van der Waals surface area (Å²) >= 11 is 0. The van der Waals surface area contributed by atoms with Crippen molar-refractivity contribution in [3.63, 3.8) is 0 Å². The van der Waals surface area contributed by atoms with Crippen molar-refractivity contribution in [1.82, 2.24) is 5.32 Å². The Balaban J connectivity index is 4.07. The second kappa shape index (κ2) is 6.15. The van der Waals surface area contributed by atoms with Crippen LogP contribution in [0.1, 0.15) is 27.7 Å². The average molecular weight is 229 g/mol. The zero-order chi connectivity index (χ0) is 12.8. The fourth-order valence-corrected chi connectivity index (χ4v) is 0.835. The Kier molecular flexibility index (Phi) is 5.56. The van der Waals surface area contributed by atoms with E-state index in [-0.39, 0.29) is 6.61 Å². The lowest BCUT2D eigenvalue weighted by Gasteiger charge is -2.22. The van der Waals surface area contributed by atoms with Crippen molar-refractivity contribution in [2.45, 2.75) is 39.3 Å². The van der Waals surface area contributed by atoms with Gasteiger partial charge < -0.3 is 14.8 Å². The summed E-state index contributed by atoms with van der Waals surface area (Å²) in [7, 11) is 0. The molecule has 1 atom stereocenters. The molecule has 1 amide bonds. The first kappa shape index (κ1) is 14.5. The maximum atomic E-state index is 11.4. The smallest absolute Gasteiger partial charge is 0.408 e. The Labute approximate surface area is 95.8 Å². The molecule has 0 aromatic rings. The topological polar surface area (TPSA) is 64.6 Å². The van der Waals surface area contributed by atoms with Crippen LogP contribution in [0.5, 0.6) is 0 Å². The van der Waals surface area contributed by atoms with Crippen LogP contribution in [0.2, 0.25) is 0 Å². The van der Waals surface area contributed by atoms with Gasteiger partial charge in [-0.05, 0) is 20.8 Å². The van der Waals surface area contributed by atoms with Crippen molar-refractivity contribution in [3.05, 3.63) is 12.7 Å². The largest absolute Gasteiger partial charge is 0.463 e. The first-order chi connectivity index (χ1) is 7.24. The van der Waals surface area contributed by atoms with Crippen LogP contribution in [0.3, 0.4) is 0 Å². The normalized spacial score (nSPS) is 12.5. The molecule has 0 radical (unpaired) electrons. The fraction of sp³-hybridized carbons (Fsp3) is 0.636. The van der Waals surface area contributed by atoms with Gasteiger partial charge in [0.2, 0.25) is 0 Å². The number of nitrogens with one attached hydrogen (secondary N) is 1. The van der Waals surface area contributed by atoms with Gasteiger partial charge in [-0.3, -0.25) is 4.79 Å². The molecule has 92 valence electrons. The van der Waals surface area contributed by atoms with E-state index >= 15 is 0 Å². The van der Waals surface area contributed by atoms with E-state index in [4.69, 9.17) is 9.47 Å². The Morgan fingerprint density at radius 1 is 1.44 bits per heavy atom. The number of hydrogen-bond acceptors (Lipinski definition) is 4. The molecule has 5 heteroatoms. The van der Waals surface area contributed by atoms with E-state index in [1.807, 2.05) is 0 Å². The molecule has 0 saturated carbocycles. The molecule has 0 aromatic carbocycles. The molecule has 5 nitrogen and oxygen atoms in total. The first-order valence-electron chi connectivity index (χ1n) is 5.00. The van der Waals surface area contributed by atoms with E-state index in [1.165, 1.54) is 13.0 Å². The molecule has 1 unspecified atom stereocenters. The molecule has 0 rings (SSSR count). The Bertz CT molecular complexity index is 268. The summed E-state index contributed by atoms with van der Waals surface area (Å²) in [6.45, 7) is 10.2. The van der Waals surface area contributed by atoms with E-state index in [0.717, 1.165) is 0 Å². The molecule has 0 spiro atoms. The predicted octanol–water partition coefficient (Wildman–Crippen LogP) is 1.63. The number of amides is 1. The standard InChI is InChI=1S/C11H19NO4/c1-6-9(7-15-8(2)13)12-10(14)16-11(3,4)5/h6,9H,1,7H2,2-5H3,(H,12,14). The predicted molar refractivity (Wildman–Crippen MR) is 60.0 cm³/mol. The molecule has 0 aliphatic heterocycles. The lowest BCUT2D eigenvalue weighted by atomic mass is 10.2. The van der Waals surface area contributed by atoms with Crippen molar-refractivity contribution in [2.75, 3.05) is 6.61 Å². The lowest BCUT2D eigenvalue weighted by Crippen LogP contribution is -2.40. The van der Waals surface area contributed by atoms with E-state index in [1.54, 1.807) is 20.8 Å². The quantitative estimate of drug-likeness (QED) is 0.587. The molecule has 0 fully saturated rings. The summed E-state index contributed by atoms with van der Waals surface area (Å²) in [6, 6.07) is -0.446. The number of hydrogen-bond donors (Lipinski definition) is 1. The fourth-order valence-electron chi connectivity index (χ4n) is 0.835. The monoisotopic (exact) mass is 229 g/mol. The highest BCUT2D eigenvalue weighted by molar-refractivity contribution is 5.69. The molecule has 0 bridgehead atoms. The Hall–Kier alpha value is -1.52. The van der Waals surface area contributed by atoms with Crippen LogP contribution in [0, 0.1) is 0 Å². The van der Waals surface area contributed by atoms with Gasteiger partial charge in [0.15, 0.2) is 0 Å². The van der Waals surface area contributed by atoms with Crippen LogP contribution >= 0.6 is 0 Å². The van der Waals surface area contributed by atoms with Crippen LogP contribution in [-0.4, -0.2) is 30.3 Å². The lowest BCUT2D eigenvalue weighted by molar-refractivity contribution is -0.141. The second-order valence-corrected chi connectivity index (χ2v) is 4.29. The third-order valence-electron chi connectivity index (χ3n) is 1.45. The molecule has 16 heavy (non-hydrogen) atoms. The van der Waals surface area contributed by atoms with Gasteiger partial charge in [-0.15, -0.1) is 6.58 Å². The zero-order valence-corrected chi connectivity index (χ0v) is 10.2. The summed E-state index contributed by atoms with van der Waals surface area (Å²) in [5.74, 6) is -0.405. The van der Waals surface area contributed by atoms with Crippen LogP contribution in [0.15, 0.2) is 12.7 Å². The van der Waals surface area contributed by atoms with Gasteiger partial charge in [-0.25, -0.2) is 4.79 Å². The maximum Gasteiger partial charge on any atom is 0.408 e. The maximum absolute atomic E-state index is 11.4. The van der Waals surface area contributed by atoms with Crippen molar-refractivity contribution in [3.8, 4) is 0 Å². The number of ether oxygens (including phenoxy) is 2. The zero-order valence-electron chi connectivity index (χ0n) is 10.2. The van der Waals surface area contributed by atoms with E-state index < -0.39 is 23.7 Å². The number of carbonyl (C=O) groups is 2. The molecule has 1 N–H and O–H groups in total. The Morgan fingerprint density at radius 2 is 2.00 bits per heavy atom. The number of alkyl carbamates (subject to hydrolysis) is 1. The third-order valence-corrected chi connectivity index (χ3v) is 1.45. The van der Waals surface area contributed by atoms with Crippen molar-refractivity contribution in [1.29, 1.82) is 0 Å². The number of esters is 1. The van der Waals surface area contributed by atoms with Gasteiger partial charge >= 0.3 is 12.1 Å². The van der Waals surface area contributed by atoms with Crippen molar-refractivity contribution >= 4 is 12.1 Å². The average Bonchev–Trinajstić information content (AvgIpc) is 2.08. The summed E-state index contributed by atoms with van der Waals surface area (Å²) < 4.78 is 9.78. The molecule has 0 aliphatic rings. The summed E-state index contributed by atoms with van der Waals surface area (Å²) in [6.07, 6.45) is 0.914. The van der Waals surface area contributed by atoms with Crippen LogP contribution in [0.25, 0.3) is 0 Å². The molecule has 0 heterocycles. The van der Waals surface area contributed by atoms with Crippen LogP contribution in [-0.2, 0) is 14.3 Å². The van der Waals surface area contributed by atoms with Gasteiger partial charge in [0.05, 0.1) is 6.04 Å². The molecule has 0 aliphatic carbocycles. The van der Waals surface area contributed by atoms with Gasteiger partial charge in [0, 0.05) is 6.92 Å². The highest BCUT2D eigenvalue weighted by Crippen LogP contribution is 2.06. The molecule has 0 saturated heterocycles. The SMILES string of the molecule is C=CC(COC(C)=O)NC(=O)OC(C)(C)C. The summed E-state index contributed by atoms with van der Waals surface area (Å²) in [4.78, 5) is 21.9. The second-order valence-electron chi connectivity index (χ2n) is 4.29. The van der Waals surface area contributed by atoms with E-state index in [0.29, 0.717) is 0 Å². The van der Waals surface area contributed by atoms with Crippen molar-refractivity contribution in [2.24, 2.45) is 0 Å². The van der Waals surface area contributed by atoms with Gasteiger partial charge in [-0.1, -0.05) is 6.08 Å². The highest BCUT2D eigenvalue weighted by atomic mass is 16.6. The van der Waals surface area contributed by atoms with Crippen LogP contribution < -0.4 is 5.32 Å². The number of rotatable bonds is 4. The van der Waals surface area contributed by atoms with Gasteiger partial charge in [-0.2, -0.15) is 0 Å². The molecule has 0 aromatic heterocycles. The van der Waals surface area contributed by atoms with E-state index in [2.05, 4.69) is 11.9 Å². The highest BCUT2D eigenvalue weighted by Gasteiger charge is 2.18. The third kappa shape index (κ3) is 7.84. The summed E-state index contributed by atoms with van der Waals surface area (Å²) in [5.41, 5.74) is -0.558. The van der Waals surface area contributed by atoms with E-state index in [9.17, 15) is 9.59 Å². The minimum absolute atomic E-state index is 0.0536. The number of carbonyl (C=O) groups excluding carboxylic acids is 2. The van der Waals surface area contributed by atoms with Crippen molar-refractivity contribution < 1.29 is 19.1 Å². The van der Waals surface area contributed by atoms with Gasteiger partial charge in [0.25, 0.3) is 0 Å². The first-order valence-corrected chi connectivity index (χ1v) is 5.00. The minimum Gasteiger partial charge on any atom is -0.463 e.